The molecule has 2 aromatic carbocycles. The van der Waals surface area contributed by atoms with E-state index in [1.54, 1.807) is 12.4 Å². The lowest BCUT2D eigenvalue weighted by atomic mass is 9.98. The molecule has 0 bridgehead atoms. The average Bonchev–Trinajstić information content (AvgIpc) is 2.97. The summed E-state index contributed by atoms with van der Waals surface area (Å²) in [6.07, 6.45) is 17.1. The van der Waals surface area contributed by atoms with E-state index in [2.05, 4.69) is 42.0 Å². The molecular weight excluding hydrogens is 484 g/mol. The monoisotopic (exact) mass is 530 g/mol. The number of hydrogen-bond acceptors (Lipinski definition) is 5. The van der Waals surface area contributed by atoms with E-state index in [1.165, 1.54) is 51.4 Å². The Labute approximate surface area is 235 Å². The van der Waals surface area contributed by atoms with E-state index in [0.29, 0.717) is 18.0 Å². The fourth-order valence-electron chi connectivity index (χ4n) is 4.71. The van der Waals surface area contributed by atoms with Crippen molar-refractivity contribution in [3.05, 3.63) is 66.5 Å². The van der Waals surface area contributed by atoms with Gasteiger partial charge in [0.1, 0.15) is 5.75 Å². The molecule has 0 spiro atoms. The van der Waals surface area contributed by atoms with Crippen molar-refractivity contribution in [2.75, 3.05) is 6.61 Å². The molecule has 1 heterocycles. The van der Waals surface area contributed by atoms with E-state index in [0.717, 1.165) is 48.1 Å². The Bertz CT molecular complexity index is 1100. The lowest BCUT2D eigenvalue weighted by molar-refractivity contribution is 0.0318. The van der Waals surface area contributed by atoms with Gasteiger partial charge >= 0.3 is 5.97 Å². The van der Waals surface area contributed by atoms with Crippen LogP contribution in [-0.2, 0) is 4.74 Å². The van der Waals surface area contributed by atoms with Gasteiger partial charge in [-0.25, -0.2) is 14.8 Å². The van der Waals surface area contributed by atoms with Gasteiger partial charge in [-0.05, 0) is 43.4 Å². The maximum atomic E-state index is 12.7. The summed E-state index contributed by atoms with van der Waals surface area (Å²) >= 11 is 0. The molecule has 5 nitrogen and oxygen atoms in total. The van der Waals surface area contributed by atoms with Gasteiger partial charge in [0.25, 0.3) is 0 Å². The number of hydrogen-bond donors (Lipinski definition) is 0. The lowest BCUT2D eigenvalue weighted by Gasteiger charge is -2.16. The van der Waals surface area contributed by atoms with Gasteiger partial charge in [0.05, 0.1) is 23.8 Å². The predicted octanol–water partition coefficient (Wildman–Crippen LogP) is 9.46. The van der Waals surface area contributed by atoms with Crippen LogP contribution in [0.1, 0.15) is 108 Å². The third kappa shape index (κ3) is 10.1. The Morgan fingerprint density at radius 2 is 1.41 bits per heavy atom. The molecule has 0 N–H and O–H groups in total. The molecule has 210 valence electrons. The van der Waals surface area contributed by atoms with Gasteiger partial charge in [0.15, 0.2) is 5.82 Å². The van der Waals surface area contributed by atoms with E-state index in [-0.39, 0.29) is 12.1 Å². The highest BCUT2D eigenvalue weighted by atomic mass is 16.5. The number of aromatic nitrogens is 2. The van der Waals surface area contributed by atoms with Crippen LogP contribution in [0.25, 0.3) is 22.5 Å². The van der Waals surface area contributed by atoms with Gasteiger partial charge in [0.2, 0.25) is 0 Å². The van der Waals surface area contributed by atoms with Crippen LogP contribution in [-0.4, -0.2) is 28.6 Å². The van der Waals surface area contributed by atoms with Crippen LogP contribution in [0, 0.1) is 0 Å². The summed E-state index contributed by atoms with van der Waals surface area (Å²) in [4.78, 5) is 21.9. The van der Waals surface area contributed by atoms with E-state index in [4.69, 9.17) is 9.47 Å². The average molecular weight is 531 g/mol. The van der Waals surface area contributed by atoms with Gasteiger partial charge in [-0.1, -0.05) is 114 Å². The Morgan fingerprint density at radius 1 is 0.769 bits per heavy atom. The summed E-state index contributed by atoms with van der Waals surface area (Å²) in [6, 6.07) is 16.3. The number of nitrogens with zero attached hydrogens (tertiary/aromatic N) is 2. The quantitative estimate of drug-likeness (QED) is 0.121. The van der Waals surface area contributed by atoms with Crippen LogP contribution < -0.4 is 4.74 Å². The highest BCUT2D eigenvalue weighted by molar-refractivity contribution is 5.89. The Hall–Kier alpha value is -3.21. The molecule has 0 saturated heterocycles. The van der Waals surface area contributed by atoms with Crippen molar-refractivity contribution in [2.45, 2.75) is 104 Å². The molecule has 0 fully saturated rings. The van der Waals surface area contributed by atoms with Crippen molar-refractivity contribution in [1.29, 1.82) is 0 Å². The van der Waals surface area contributed by atoms with Crippen molar-refractivity contribution in [1.82, 2.24) is 9.97 Å². The maximum absolute atomic E-state index is 12.7. The summed E-state index contributed by atoms with van der Waals surface area (Å²) in [7, 11) is 0. The minimum absolute atomic E-state index is 0.125. The smallest absolute Gasteiger partial charge is 0.341 e. The second-order valence-electron chi connectivity index (χ2n) is 10.4. The summed E-state index contributed by atoms with van der Waals surface area (Å²) in [5.74, 6) is 0.920. The predicted molar refractivity (Wildman–Crippen MR) is 160 cm³/mol. The summed E-state index contributed by atoms with van der Waals surface area (Å²) in [5.41, 5.74) is 3.28. The first-order valence-electron chi connectivity index (χ1n) is 15.0. The summed E-state index contributed by atoms with van der Waals surface area (Å²) in [6.45, 7) is 7.05. The molecule has 0 aliphatic rings. The van der Waals surface area contributed by atoms with Crippen LogP contribution in [0.2, 0.25) is 0 Å². The molecule has 0 unspecified atom stereocenters. The number of ether oxygens (including phenoxy) is 2. The van der Waals surface area contributed by atoms with Gasteiger partial charge in [-0.3, -0.25) is 0 Å². The zero-order chi connectivity index (χ0) is 27.7. The minimum Gasteiger partial charge on any atom is -0.493 e. The highest BCUT2D eigenvalue weighted by Gasteiger charge is 2.18. The van der Waals surface area contributed by atoms with Crippen molar-refractivity contribution in [3.8, 4) is 28.3 Å². The number of esters is 1. The first kappa shape index (κ1) is 30.3. The first-order valence-corrected chi connectivity index (χ1v) is 15.0. The number of carbonyl (C=O) groups excluding carboxylic acids is 1. The Morgan fingerprint density at radius 3 is 2.10 bits per heavy atom. The molecule has 5 heteroatoms. The minimum atomic E-state index is -0.376. The van der Waals surface area contributed by atoms with E-state index >= 15 is 0 Å². The number of carbonyl (C=O) groups is 1. The molecule has 0 aliphatic heterocycles. The SMILES string of the molecule is CCCCCCCCOc1cccc(-c2ccccc2)c1-c1ncc(C(=O)O[C@@H](C)CCCCCCC)cn1. The van der Waals surface area contributed by atoms with Crippen molar-refractivity contribution >= 4 is 5.97 Å². The molecule has 3 rings (SSSR count). The van der Waals surface area contributed by atoms with Crippen molar-refractivity contribution in [2.24, 2.45) is 0 Å². The standard InChI is InChI=1S/C34H46N2O3/c1-4-6-8-10-12-17-24-38-31-23-18-22-30(28-20-15-13-16-21-28)32(31)33-35-25-29(26-36-33)34(37)39-27(3)19-14-11-9-7-5-2/h13,15-16,18,20-23,25-27H,4-12,14,17,19,24H2,1-3H3/t27-/m0/s1. The van der Waals surface area contributed by atoms with Crippen LogP contribution in [0.5, 0.6) is 5.75 Å². The van der Waals surface area contributed by atoms with E-state index in [9.17, 15) is 4.79 Å². The molecule has 3 aromatic rings. The van der Waals surface area contributed by atoms with Gasteiger partial charge in [0, 0.05) is 12.4 Å². The first-order chi connectivity index (χ1) is 19.1. The van der Waals surface area contributed by atoms with Crippen molar-refractivity contribution < 1.29 is 14.3 Å². The van der Waals surface area contributed by atoms with Crippen LogP contribution >= 0.6 is 0 Å². The molecule has 1 aromatic heterocycles. The molecule has 0 radical (unpaired) electrons. The summed E-state index contributed by atoms with van der Waals surface area (Å²) < 4.78 is 11.9. The Balaban J connectivity index is 1.71. The zero-order valence-corrected chi connectivity index (χ0v) is 24.2. The fraction of sp³-hybridized carbons (Fsp3) is 0.500. The maximum Gasteiger partial charge on any atom is 0.341 e. The third-order valence-corrected chi connectivity index (χ3v) is 7.00. The number of benzene rings is 2. The number of rotatable bonds is 18. The van der Waals surface area contributed by atoms with Crippen molar-refractivity contribution in [3.63, 3.8) is 0 Å². The van der Waals surface area contributed by atoms with Gasteiger partial charge < -0.3 is 9.47 Å². The number of unbranched alkanes of at least 4 members (excludes halogenated alkanes) is 9. The second kappa shape index (κ2) is 17.4. The fourth-order valence-corrected chi connectivity index (χ4v) is 4.71. The summed E-state index contributed by atoms with van der Waals surface area (Å²) in [5, 5.41) is 0. The molecular formula is C34H46N2O3. The van der Waals surface area contributed by atoms with Crippen LogP contribution in [0.4, 0.5) is 0 Å². The van der Waals surface area contributed by atoms with Gasteiger partial charge in [-0.2, -0.15) is 0 Å². The van der Waals surface area contributed by atoms with E-state index < -0.39 is 0 Å². The molecule has 0 amide bonds. The van der Waals surface area contributed by atoms with Crippen LogP contribution in [0.3, 0.4) is 0 Å². The lowest BCUT2D eigenvalue weighted by Crippen LogP contribution is -2.15. The van der Waals surface area contributed by atoms with Gasteiger partial charge in [-0.15, -0.1) is 0 Å². The largest absolute Gasteiger partial charge is 0.493 e. The normalized spacial score (nSPS) is 11.8. The topological polar surface area (TPSA) is 61.3 Å². The molecule has 1 atom stereocenters. The van der Waals surface area contributed by atoms with Crippen LogP contribution in [0.15, 0.2) is 60.9 Å². The highest BCUT2D eigenvalue weighted by Crippen LogP contribution is 2.37. The van der Waals surface area contributed by atoms with E-state index in [1.807, 2.05) is 37.3 Å². The molecule has 0 aliphatic carbocycles. The Kier molecular flexibility index (Phi) is 13.5. The second-order valence-corrected chi connectivity index (χ2v) is 10.4. The molecule has 0 saturated carbocycles. The molecule has 39 heavy (non-hydrogen) atoms. The third-order valence-electron chi connectivity index (χ3n) is 7.00. The zero-order valence-electron chi connectivity index (χ0n) is 24.2.